The van der Waals surface area contributed by atoms with E-state index in [1.807, 2.05) is 54.6 Å². The summed E-state index contributed by atoms with van der Waals surface area (Å²) in [5.74, 6) is -0.323. The number of pyridine rings is 1. The van der Waals surface area contributed by atoms with Crippen molar-refractivity contribution in [3.8, 4) is 28.5 Å². The van der Waals surface area contributed by atoms with E-state index in [0.717, 1.165) is 33.2 Å². The molecule has 1 N–H and O–H groups in total. The third-order valence-electron chi connectivity index (χ3n) is 5.67. The van der Waals surface area contributed by atoms with Gasteiger partial charge in [-0.2, -0.15) is 10.4 Å². The Morgan fingerprint density at radius 3 is 2.20 bits per heavy atom. The predicted molar refractivity (Wildman–Crippen MR) is 139 cm³/mol. The van der Waals surface area contributed by atoms with Gasteiger partial charge >= 0.3 is 0 Å². The Kier molecular flexibility index (Phi) is 6.10. The molecule has 4 aromatic carbocycles. The van der Waals surface area contributed by atoms with Gasteiger partial charge in [-0.25, -0.2) is 10.4 Å². The molecule has 5 nitrogen and oxygen atoms in total. The number of rotatable bonds is 5. The lowest BCUT2D eigenvalue weighted by Gasteiger charge is -2.10. The monoisotopic (exact) mass is 452 g/mol. The summed E-state index contributed by atoms with van der Waals surface area (Å²) in [7, 11) is 0. The van der Waals surface area contributed by atoms with E-state index >= 15 is 0 Å². The molecule has 5 heteroatoms. The van der Waals surface area contributed by atoms with Crippen molar-refractivity contribution in [1.82, 2.24) is 10.4 Å². The largest absolute Gasteiger partial charge is 0.272 e. The van der Waals surface area contributed by atoms with Crippen molar-refractivity contribution in [2.24, 2.45) is 5.10 Å². The van der Waals surface area contributed by atoms with Crippen LogP contribution in [0.25, 0.3) is 33.3 Å². The number of amides is 1. The molecule has 0 unspecified atom stereocenters. The van der Waals surface area contributed by atoms with Crippen LogP contribution in [-0.4, -0.2) is 17.1 Å². The Balaban J connectivity index is 1.44. The molecule has 5 aromatic rings. The highest BCUT2D eigenvalue weighted by atomic mass is 16.2. The zero-order valence-corrected chi connectivity index (χ0v) is 18.7. The summed E-state index contributed by atoms with van der Waals surface area (Å²) in [5.41, 5.74) is 9.09. The van der Waals surface area contributed by atoms with Crippen molar-refractivity contribution in [2.45, 2.75) is 0 Å². The number of carbonyl (C=O) groups is 1. The molecule has 166 valence electrons. The molecular weight excluding hydrogens is 432 g/mol. The second-order valence-electron chi connectivity index (χ2n) is 7.95. The molecule has 0 aliphatic rings. The van der Waals surface area contributed by atoms with Crippen LogP contribution < -0.4 is 5.43 Å². The summed E-state index contributed by atoms with van der Waals surface area (Å²) in [6.45, 7) is 0. The molecule has 0 saturated carbocycles. The van der Waals surface area contributed by atoms with E-state index in [9.17, 15) is 4.79 Å². The van der Waals surface area contributed by atoms with Gasteiger partial charge in [0.05, 0.1) is 34.6 Å². The molecular formula is C30H20N4O. The Hall–Kier alpha value is -5.08. The molecule has 0 bridgehead atoms. The molecule has 0 fully saturated rings. The van der Waals surface area contributed by atoms with Gasteiger partial charge in [-0.3, -0.25) is 4.79 Å². The number of hydrogen-bond acceptors (Lipinski definition) is 4. The first-order valence-corrected chi connectivity index (χ1v) is 11.1. The van der Waals surface area contributed by atoms with Crippen molar-refractivity contribution < 1.29 is 4.79 Å². The molecule has 0 aliphatic carbocycles. The molecule has 0 radical (unpaired) electrons. The Bertz CT molecular complexity index is 1570. The fraction of sp³-hybridized carbons (Fsp3) is 0. The van der Waals surface area contributed by atoms with Gasteiger partial charge in [-0.05, 0) is 41.0 Å². The van der Waals surface area contributed by atoms with Crippen molar-refractivity contribution in [3.05, 3.63) is 126 Å². The molecule has 35 heavy (non-hydrogen) atoms. The topological polar surface area (TPSA) is 78.1 Å². The second-order valence-corrected chi connectivity index (χ2v) is 7.95. The average molecular weight is 453 g/mol. The maximum Gasteiger partial charge on any atom is 0.272 e. The Morgan fingerprint density at radius 2 is 1.46 bits per heavy atom. The number of hydrogen-bond donors (Lipinski definition) is 1. The summed E-state index contributed by atoms with van der Waals surface area (Å²) in [5, 5.41) is 13.8. The fourth-order valence-corrected chi connectivity index (χ4v) is 3.84. The SMILES string of the molecule is N#Cc1ccc(C=NNC(=O)c2cc(-c3ccc(-c4ccccc4)cc3)nc3ccccc23)cc1. The van der Waals surface area contributed by atoms with Gasteiger partial charge < -0.3 is 0 Å². The van der Waals surface area contributed by atoms with Crippen LogP contribution in [0.15, 0.2) is 114 Å². The number of nitrogens with one attached hydrogen (secondary N) is 1. The van der Waals surface area contributed by atoms with Gasteiger partial charge in [-0.15, -0.1) is 0 Å². The zero-order valence-electron chi connectivity index (χ0n) is 18.7. The van der Waals surface area contributed by atoms with Gasteiger partial charge in [0.1, 0.15) is 0 Å². The number of aromatic nitrogens is 1. The summed E-state index contributed by atoms with van der Waals surface area (Å²) >= 11 is 0. The number of nitriles is 1. The lowest BCUT2D eigenvalue weighted by Crippen LogP contribution is -2.18. The van der Waals surface area contributed by atoms with Crippen LogP contribution in [0.5, 0.6) is 0 Å². The maximum absolute atomic E-state index is 13.1. The highest BCUT2D eigenvalue weighted by Gasteiger charge is 2.13. The zero-order chi connectivity index (χ0) is 24.0. The van der Waals surface area contributed by atoms with E-state index in [4.69, 9.17) is 10.2 Å². The third kappa shape index (κ3) is 4.82. The summed E-state index contributed by atoms with van der Waals surface area (Å²) < 4.78 is 0. The quantitative estimate of drug-likeness (QED) is 0.255. The normalized spacial score (nSPS) is 10.8. The molecule has 1 amide bonds. The van der Waals surface area contributed by atoms with E-state index in [1.165, 1.54) is 0 Å². The first-order valence-electron chi connectivity index (χ1n) is 11.1. The number of nitrogens with zero attached hydrogens (tertiary/aromatic N) is 3. The van der Waals surface area contributed by atoms with Crippen LogP contribution in [0.2, 0.25) is 0 Å². The van der Waals surface area contributed by atoms with Crippen LogP contribution in [-0.2, 0) is 0 Å². The van der Waals surface area contributed by atoms with Gasteiger partial charge in [0, 0.05) is 10.9 Å². The lowest BCUT2D eigenvalue weighted by molar-refractivity contribution is 0.0956. The summed E-state index contributed by atoms with van der Waals surface area (Å²) in [6.07, 6.45) is 1.55. The molecule has 5 rings (SSSR count). The minimum atomic E-state index is -0.323. The highest BCUT2D eigenvalue weighted by molar-refractivity contribution is 6.07. The standard InChI is InChI=1S/C30H20N4O/c31-19-21-10-12-22(13-11-21)20-32-34-30(35)27-18-29(33-28-9-5-4-8-26(27)28)25-16-14-24(15-17-25)23-6-2-1-3-7-23/h1-18,20H,(H,34,35). The molecule has 1 heterocycles. The second kappa shape index (κ2) is 9.82. The molecule has 0 spiro atoms. The number of fused-ring (bicyclic) bond motifs is 1. The molecule has 1 aromatic heterocycles. The van der Waals surface area contributed by atoms with Gasteiger partial charge in [0.2, 0.25) is 0 Å². The van der Waals surface area contributed by atoms with Crippen LogP contribution in [0.1, 0.15) is 21.5 Å². The summed E-state index contributed by atoms with van der Waals surface area (Å²) in [6, 6.07) is 36.7. The fourth-order valence-electron chi connectivity index (χ4n) is 3.84. The number of benzene rings is 4. The van der Waals surface area contributed by atoms with E-state index in [0.29, 0.717) is 16.8 Å². The number of para-hydroxylation sites is 1. The van der Waals surface area contributed by atoms with Crippen LogP contribution >= 0.6 is 0 Å². The molecule has 0 atom stereocenters. The molecule has 0 aliphatic heterocycles. The van der Waals surface area contributed by atoms with Gasteiger partial charge in [0.15, 0.2) is 0 Å². The van der Waals surface area contributed by atoms with E-state index < -0.39 is 0 Å². The highest BCUT2D eigenvalue weighted by Crippen LogP contribution is 2.27. The van der Waals surface area contributed by atoms with E-state index in [-0.39, 0.29) is 5.91 Å². The number of carbonyl (C=O) groups excluding carboxylic acids is 1. The van der Waals surface area contributed by atoms with Crippen molar-refractivity contribution in [3.63, 3.8) is 0 Å². The first-order chi connectivity index (χ1) is 17.2. The van der Waals surface area contributed by atoms with Gasteiger partial charge in [0.25, 0.3) is 5.91 Å². The van der Waals surface area contributed by atoms with Crippen molar-refractivity contribution in [1.29, 1.82) is 5.26 Å². The Labute approximate surface area is 203 Å². The van der Waals surface area contributed by atoms with Crippen molar-refractivity contribution in [2.75, 3.05) is 0 Å². The Morgan fingerprint density at radius 1 is 0.800 bits per heavy atom. The minimum Gasteiger partial charge on any atom is -0.267 e. The predicted octanol–water partition coefficient (Wildman–Crippen LogP) is 6.20. The third-order valence-corrected chi connectivity index (χ3v) is 5.67. The lowest BCUT2D eigenvalue weighted by atomic mass is 10.0. The van der Waals surface area contributed by atoms with E-state index in [2.05, 4.69) is 40.9 Å². The summed E-state index contributed by atoms with van der Waals surface area (Å²) in [4.78, 5) is 17.9. The molecule has 0 saturated heterocycles. The smallest absolute Gasteiger partial charge is 0.267 e. The minimum absolute atomic E-state index is 0.323. The van der Waals surface area contributed by atoms with E-state index in [1.54, 1.807) is 36.5 Å². The van der Waals surface area contributed by atoms with Crippen LogP contribution in [0.4, 0.5) is 0 Å². The number of hydrazone groups is 1. The first kappa shape index (κ1) is 21.7. The average Bonchev–Trinajstić information content (AvgIpc) is 2.93. The van der Waals surface area contributed by atoms with Gasteiger partial charge in [-0.1, -0.05) is 84.9 Å². The van der Waals surface area contributed by atoms with Crippen LogP contribution in [0.3, 0.4) is 0 Å². The van der Waals surface area contributed by atoms with Crippen LogP contribution in [0, 0.1) is 11.3 Å². The maximum atomic E-state index is 13.1. The van der Waals surface area contributed by atoms with Crippen molar-refractivity contribution >= 4 is 23.0 Å².